The molecule has 1 aromatic rings. The summed E-state index contributed by atoms with van der Waals surface area (Å²) in [5.74, 6) is -1.07. The fourth-order valence-electron chi connectivity index (χ4n) is 2.99. The number of amides is 3. The number of rotatable bonds is 6. The Kier molecular flexibility index (Phi) is 7.38. The van der Waals surface area contributed by atoms with E-state index in [1.165, 1.54) is 18.2 Å². The summed E-state index contributed by atoms with van der Waals surface area (Å²) >= 11 is 0. The topological polar surface area (TPSA) is 70.7 Å². The molecule has 3 amide bonds. The van der Waals surface area contributed by atoms with E-state index >= 15 is 0 Å². The van der Waals surface area contributed by atoms with Gasteiger partial charge in [0.15, 0.2) is 0 Å². The van der Waals surface area contributed by atoms with Crippen molar-refractivity contribution in [2.24, 2.45) is 5.92 Å². The van der Waals surface area contributed by atoms with E-state index in [2.05, 4.69) is 10.6 Å². The van der Waals surface area contributed by atoms with Crippen molar-refractivity contribution < 1.29 is 18.7 Å². The first-order valence-corrected chi connectivity index (χ1v) is 9.09. The number of methoxy groups -OCH3 is 1. The van der Waals surface area contributed by atoms with Crippen molar-refractivity contribution in [1.82, 2.24) is 4.90 Å². The predicted molar refractivity (Wildman–Crippen MR) is 99.7 cm³/mol. The Balaban J connectivity index is 2.06. The molecule has 0 unspecified atom stereocenters. The number of anilines is 2. The molecule has 1 aliphatic rings. The van der Waals surface area contributed by atoms with Crippen LogP contribution in [0.2, 0.25) is 0 Å². The molecule has 0 aromatic heterocycles. The summed E-state index contributed by atoms with van der Waals surface area (Å²) < 4.78 is 19.1. The molecule has 0 radical (unpaired) electrons. The molecule has 1 atom stereocenters. The van der Waals surface area contributed by atoms with E-state index < -0.39 is 5.82 Å². The van der Waals surface area contributed by atoms with Crippen LogP contribution in [0, 0.1) is 11.7 Å². The number of urea groups is 1. The molecule has 0 spiro atoms. The van der Waals surface area contributed by atoms with Crippen LogP contribution in [0.3, 0.4) is 0 Å². The Hall–Kier alpha value is -2.15. The van der Waals surface area contributed by atoms with Gasteiger partial charge < -0.3 is 20.3 Å². The molecule has 2 N–H and O–H groups in total. The maximum Gasteiger partial charge on any atom is 0.322 e. The normalized spacial score (nSPS) is 17.3. The summed E-state index contributed by atoms with van der Waals surface area (Å²) in [5.41, 5.74) is 0.516. The lowest BCUT2D eigenvalue weighted by Gasteiger charge is -2.35. The number of carbonyl (C=O) groups excluding carboxylic acids is 2. The molecule has 7 heteroatoms. The van der Waals surface area contributed by atoms with Gasteiger partial charge in [-0.15, -0.1) is 0 Å². The first kappa shape index (κ1) is 20.2. The second kappa shape index (κ2) is 9.52. The number of nitrogens with zero attached hydrogens (tertiary/aromatic N) is 1. The molecule has 2 rings (SSSR count). The number of benzene rings is 1. The van der Waals surface area contributed by atoms with Crippen LogP contribution >= 0.6 is 0 Å². The minimum atomic E-state index is -0.534. The highest BCUT2D eigenvalue weighted by Crippen LogP contribution is 2.23. The van der Waals surface area contributed by atoms with Crippen molar-refractivity contribution in [2.45, 2.75) is 45.6 Å². The monoisotopic (exact) mass is 365 g/mol. The first-order valence-electron chi connectivity index (χ1n) is 9.09. The minimum absolute atomic E-state index is 0.0658. The van der Waals surface area contributed by atoms with Crippen molar-refractivity contribution >= 4 is 23.3 Å². The van der Waals surface area contributed by atoms with E-state index in [0.717, 1.165) is 25.7 Å². The van der Waals surface area contributed by atoms with Crippen LogP contribution < -0.4 is 10.6 Å². The maximum absolute atomic E-state index is 13.9. The highest BCUT2D eigenvalue weighted by atomic mass is 19.1. The summed E-state index contributed by atoms with van der Waals surface area (Å²) in [7, 11) is 1.65. The number of halogens is 1. The molecule has 0 aliphatic carbocycles. The predicted octanol–water partition coefficient (Wildman–Crippen LogP) is 3.84. The highest BCUT2D eigenvalue weighted by molar-refractivity contribution is 5.94. The minimum Gasteiger partial charge on any atom is -0.385 e. The SMILES string of the molecule is COCC[C@@H]1CCCCN1C(=O)Nc1ccc(F)c(NC(=O)C(C)C)c1. The summed E-state index contributed by atoms with van der Waals surface area (Å²) in [4.78, 5) is 26.3. The molecule has 26 heavy (non-hydrogen) atoms. The van der Waals surface area contributed by atoms with E-state index in [-0.39, 0.29) is 29.6 Å². The Morgan fingerprint density at radius 3 is 2.77 bits per heavy atom. The van der Waals surface area contributed by atoms with Crippen LogP contribution in [0.5, 0.6) is 0 Å². The zero-order chi connectivity index (χ0) is 19.1. The zero-order valence-corrected chi connectivity index (χ0v) is 15.7. The van der Waals surface area contributed by atoms with Gasteiger partial charge in [0.05, 0.1) is 5.69 Å². The van der Waals surface area contributed by atoms with Gasteiger partial charge in [-0.25, -0.2) is 9.18 Å². The van der Waals surface area contributed by atoms with Crippen LogP contribution in [0.1, 0.15) is 39.5 Å². The first-order chi connectivity index (χ1) is 12.4. The molecule has 1 saturated heterocycles. The molecule has 1 fully saturated rings. The third kappa shape index (κ3) is 5.42. The van der Waals surface area contributed by atoms with E-state index in [0.29, 0.717) is 18.8 Å². The number of carbonyl (C=O) groups is 2. The van der Waals surface area contributed by atoms with E-state index in [9.17, 15) is 14.0 Å². The molecular formula is C19H28FN3O3. The van der Waals surface area contributed by atoms with Gasteiger partial charge in [-0.1, -0.05) is 13.8 Å². The third-order valence-electron chi connectivity index (χ3n) is 4.54. The molecule has 1 heterocycles. The van der Waals surface area contributed by atoms with E-state index in [1.807, 2.05) is 4.90 Å². The fraction of sp³-hybridized carbons (Fsp3) is 0.579. The van der Waals surface area contributed by atoms with Crippen molar-refractivity contribution in [3.05, 3.63) is 24.0 Å². The molecule has 0 bridgehead atoms. The second-order valence-electron chi connectivity index (χ2n) is 6.89. The fourth-order valence-corrected chi connectivity index (χ4v) is 2.99. The van der Waals surface area contributed by atoms with Crippen molar-refractivity contribution in [3.8, 4) is 0 Å². The highest BCUT2D eigenvalue weighted by Gasteiger charge is 2.26. The lowest BCUT2D eigenvalue weighted by molar-refractivity contribution is -0.118. The Morgan fingerprint density at radius 2 is 2.08 bits per heavy atom. The van der Waals surface area contributed by atoms with Crippen LogP contribution in [0.4, 0.5) is 20.6 Å². The molecule has 6 nitrogen and oxygen atoms in total. The van der Waals surface area contributed by atoms with Gasteiger partial charge in [-0.2, -0.15) is 0 Å². The van der Waals surface area contributed by atoms with Gasteiger partial charge in [-0.3, -0.25) is 4.79 Å². The number of ether oxygens (including phenoxy) is 1. The molecule has 1 aliphatic heterocycles. The van der Waals surface area contributed by atoms with Crippen LogP contribution in [-0.2, 0) is 9.53 Å². The van der Waals surface area contributed by atoms with Crippen molar-refractivity contribution in [3.63, 3.8) is 0 Å². The van der Waals surface area contributed by atoms with Gasteiger partial charge in [0, 0.05) is 37.9 Å². The Morgan fingerprint density at radius 1 is 1.31 bits per heavy atom. The maximum atomic E-state index is 13.9. The van der Waals surface area contributed by atoms with Crippen LogP contribution in [0.25, 0.3) is 0 Å². The average molecular weight is 365 g/mol. The van der Waals surface area contributed by atoms with Crippen LogP contribution in [-0.4, -0.2) is 43.1 Å². The number of likely N-dealkylation sites (tertiary alicyclic amines) is 1. The Bertz CT molecular complexity index is 636. The number of piperidine rings is 1. The molecule has 1 aromatic carbocycles. The van der Waals surface area contributed by atoms with Gasteiger partial charge in [0.2, 0.25) is 5.91 Å². The summed E-state index contributed by atoms with van der Waals surface area (Å²) in [6.45, 7) is 4.76. The van der Waals surface area contributed by atoms with E-state index in [4.69, 9.17) is 4.74 Å². The molecular weight excluding hydrogens is 337 g/mol. The molecule has 0 saturated carbocycles. The lowest BCUT2D eigenvalue weighted by Crippen LogP contribution is -2.46. The summed E-state index contributed by atoms with van der Waals surface area (Å²) in [5, 5.41) is 5.36. The number of hydrogen-bond donors (Lipinski definition) is 2. The smallest absolute Gasteiger partial charge is 0.322 e. The zero-order valence-electron chi connectivity index (χ0n) is 15.7. The number of nitrogens with one attached hydrogen (secondary N) is 2. The van der Waals surface area contributed by atoms with Crippen LogP contribution in [0.15, 0.2) is 18.2 Å². The summed E-state index contributed by atoms with van der Waals surface area (Å²) in [6, 6.07) is 4.11. The van der Waals surface area contributed by atoms with Crippen molar-refractivity contribution in [2.75, 3.05) is 30.9 Å². The lowest BCUT2D eigenvalue weighted by atomic mass is 10.00. The second-order valence-corrected chi connectivity index (χ2v) is 6.89. The molecule has 144 valence electrons. The third-order valence-corrected chi connectivity index (χ3v) is 4.54. The largest absolute Gasteiger partial charge is 0.385 e. The van der Waals surface area contributed by atoms with Gasteiger partial charge in [0.25, 0.3) is 0 Å². The van der Waals surface area contributed by atoms with Gasteiger partial charge in [-0.05, 0) is 43.9 Å². The number of hydrogen-bond acceptors (Lipinski definition) is 3. The van der Waals surface area contributed by atoms with Gasteiger partial charge >= 0.3 is 6.03 Å². The van der Waals surface area contributed by atoms with E-state index in [1.54, 1.807) is 21.0 Å². The quantitative estimate of drug-likeness (QED) is 0.804. The average Bonchev–Trinajstić information content (AvgIpc) is 2.62. The van der Waals surface area contributed by atoms with Gasteiger partial charge in [0.1, 0.15) is 5.82 Å². The van der Waals surface area contributed by atoms with Crippen molar-refractivity contribution in [1.29, 1.82) is 0 Å². The Labute approximate surface area is 154 Å². The summed E-state index contributed by atoms with van der Waals surface area (Å²) in [6.07, 6.45) is 3.81. The standard InChI is InChI=1S/C19H28FN3O3/c1-13(2)18(24)22-17-12-14(7-8-16(17)20)21-19(25)23-10-5-4-6-15(23)9-11-26-3/h7-8,12-13,15H,4-6,9-11H2,1-3H3,(H,21,25)(H,22,24)/t15-/m0/s1.